The summed E-state index contributed by atoms with van der Waals surface area (Å²) in [6, 6.07) is 0. The van der Waals surface area contributed by atoms with Gasteiger partial charge in [0.2, 0.25) is 0 Å². The third-order valence-corrected chi connectivity index (χ3v) is 0.956. The third kappa shape index (κ3) is 3.82. The van der Waals surface area contributed by atoms with E-state index in [0.717, 1.165) is 0 Å². The summed E-state index contributed by atoms with van der Waals surface area (Å²) in [6.45, 7) is 2.88. The van der Waals surface area contributed by atoms with Gasteiger partial charge in [0.05, 0.1) is 0 Å². The maximum atomic E-state index is 10.6. The van der Waals surface area contributed by atoms with E-state index in [1.165, 1.54) is 0 Å². The fourth-order valence-corrected chi connectivity index (χ4v) is 0.283. The molecule has 0 aromatic rings. The highest BCUT2D eigenvalue weighted by atomic mass is 16.9. The molecule has 0 N–H and O–H groups in total. The molecule has 0 saturated heterocycles. The fourth-order valence-electron chi connectivity index (χ4n) is 0.283. The Morgan fingerprint density at radius 1 is 1.70 bits per heavy atom. The van der Waals surface area contributed by atoms with Gasteiger partial charge in [-0.05, 0) is 0 Å². The summed E-state index contributed by atoms with van der Waals surface area (Å²) in [5.74, 6) is -0.475. The number of ketones is 1. The summed E-state index contributed by atoms with van der Waals surface area (Å²) in [4.78, 5) is 24.0. The van der Waals surface area contributed by atoms with Gasteiger partial charge < -0.3 is 4.84 Å². The Morgan fingerprint density at radius 2 is 2.20 bits per heavy atom. The molecular weight excluding hydrogens is 138 g/mol. The summed E-state index contributed by atoms with van der Waals surface area (Å²) < 4.78 is 0. The van der Waals surface area contributed by atoms with E-state index in [9.17, 15) is 14.9 Å². The Balaban J connectivity index is 3.50. The van der Waals surface area contributed by atoms with E-state index in [1.54, 1.807) is 13.8 Å². The van der Waals surface area contributed by atoms with Crippen LogP contribution in [-0.4, -0.2) is 17.5 Å². The molecule has 0 aliphatic rings. The molecule has 58 valence electrons. The number of hydrogen-bond donors (Lipinski definition) is 0. The van der Waals surface area contributed by atoms with Crippen molar-refractivity contribution in [3.63, 3.8) is 0 Å². The van der Waals surface area contributed by atoms with Gasteiger partial charge in [0.25, 0.3) is 5.09 Å². The number of hydrogen-bond acceptors (Lipinski definition) is 4. The monoisotopic (exact) mass is 147 g/mol. The van der Waals surface area contributed by atoms with Crippen molar-refractivity contribution in [3.05, 3.63) is 10.1 Å². The number of carbonyl (C=O) groups excluding carboxylic acids is 1. The van der Waals surface area contributed by atoms with Crippen LogP contribution in [0.5, 0.6) is 0 Å². The van der Waals surface area contributed by atoms with Crippen molar-refractivity contribution in [1.29, 1.82) is 0 Å². The quantitative estimate of drug-likeness (QED) is 0.426. The number of carbonyl (C=O) groups is 1. The maximum absolute atomic E-state index is 10.6. The molecule has 5 nitrogen and oxygen atoms in total. The average Bonchev–Trinajstić information content (AvgIpc) is 1.82. The molecule has 0 unspecified atom stereocenters. The first kappa shape index (κ1) is 8.87. The van der Waals surface area contributed by atoms with Crippen molar-refractivity contribution in [2.24, 2.45) is 5.92 Å². The molecule has 10 heavy (non-hydrogen) atoms. The normalized spacial score (nSPS) is 9.50. The minimum atomic E-state index is -0.972. The second-order valence-electron chi connectivity index (χ2n) is 2.12. The topological polar surface area (TPSA) is 69.4 Å². The zero-order valence-corrected chi connectivity index (χ0v) is 5.86. The molecule has 0 saturated carbocycles. The molecule has 0 atom stereocenters. The van der Waals surface area contributed by atoms with Gasteiger partial charge in [-0.3, -0.25) is 4.79 Å². The van der Waals surface area contributed by atoms with Crippen LogP contribution in [0.1, 0.15) is 13.8 Å². The molecule has 0 amide bonds. The van der Waals surface area contributed by atoms with Gasteiger partial charge in [-0.1, -0.05) is 13.8 Å². The van der Waals surface area contributed by atoms with Crippen molar-refractivity contribution < 1.29 is 14.7 Å². The summed E-state index contributed by atoms with van der Waals surface area (Å²) in [5.41, 5.74) is 0. The number of rotatable bonds is 4. The summed E-state index contributed by atoms with van der Waals surface area (Å²) >= 11 is 0. The van der Waals surface area contributed by atoms with E-state index < -0.39 is 11.7 Å². The summed E-state index contributed by atoms with van der Waals surface area (Å²) in [7, 11) is 0. The lowest BCUT2D eigenvalue weighted by Gasteiger charge is -2.00. The first-order chi connectivity index (χ1) is 4.54. The molecule has 0 aromatic carbocycles. The summed E-state index contributed by atoms with van der Waals surface area (Å²) in [6.07, 6.45) is 0. The Labute approximate surface area is 58.1 Å². The van der Waals surface area contributed by atoms with E-state index in [4.69, 9.17) is 0 Å². The number of nitrogens with zero attached hydrogens (tertiary/aromatic N) is 1. The summed E-state index contributed by atoms with van der Waals surface area (Å²) in [5, 5.41) is 8.59. The van der Waals surface area contributed by atoms with Gasteiger partial charge in [-0.25, -0.2) is 0 Å². The van der Waals surface area contributed by atoms with Crippen molar-refractivity contribution in [3.8, 4) is 0 Å². The van der Waals surface area contributed by atoms with E-state index in [1.807, 2.05) is 0 Å². The van der Waals surface area contributed by atoms with Gasteiger partial charge in [-0.2, -0.15) is 0 Å². The average molecular weight is 147 g/mol. The van der Waals surface area contributed by atoms with Crippen LogP contribution in [0.4, 0.5) is 0 Å². The van der Waals surface area contributed by atoms with Crippen LogP contribution in [0.15, 0.2) is 0 Å². The van der Waals surface area contributed by atoms with Crippen LogP contribution < -0.4 is 0 Å². The fraction of sp³-hybridized carbons (Fsp3) is 0.800. The van der Waals surface area contributed by atoms with Crippen molar-refractivity contribution >= 4 is 5.78 Å². The van der Waals surface area contributed by atoms with Crippen LogP contribution >= 0.6 is 0 Å². The van der Waals surface area contributed by atoms with Crippen LogP contribution in [0.2, 0.25) is 0 Å². The van der Waals surface area contributed by atoms with Crippen LogP contribution in [-0.2, 0) is 9.63 Å². The lowest BCUT2D eigenvalue weighted by Crippen LogP contribution is -2.17. The van der Waals surface area contributed by atoms with Gasteiger partial charge in [0.15, 0.2) is 12.4 Å². The zero-order chi connectivity index (χ0) is 8.15. The molecule has 0 fully saturated rings. The Kier molecular flexibility index (Phi) is 3.38. The Morgan fingerprint density at radius 3 is 2.50 bits per heavy atom. The van der Waals surface area contributed by atoms with Gasteiger partial charge in [-0.15, -0.1) is 10.1 Å². The highest BCUT2D eigenvalue weighted by Crippen LogP contribution is 1.93. The molecule has 0 spiro atoms. The molecule has 0 rings (SSSR count). The Hall–Kier alpha value is -1.13. The van der Waals surface area contributed by atoms with Crippen molar-refractivity contribution in [2.75, 3.05) is 6.61 Å². The Bertz CT molecular complexity index is 143. The minimum Gasteiger partial charge on any atom is -0.306 e. The lowest BCUT2D eigenvalue weighted by molar-refractivity contribution is -0.754. The van der Waals surface area contributed by atoms with E-state index in [2.05, 4.69) is 4.84 Å². The first-order valence-electron chi connectivity index (χ1n) is 2.84. The van der Waals surface area contributed by atoms with Gasteiger partial charge in [0, 0.05) is 5.92 Å². The highest BCUT2D eigenvalue weighted by molar-refractivity contribution is 5.81. The molecule has 0 aliphatic carbocycles. The molecule has 0 bridgehead atoms. The number of Topliss-reactive ketones (excluding diaryl/α,β-unsaturated/α-hetero) is 1. The molecule has 0 aromatic heterocycles. The van der Waals surface area contributed by atoms with E-state index in [-0.39, 0.29) is 11.7 Å². The highest BCUT2D eigenvalue weighted by Gasteiger charge is 2.08. The molecule has 0 aliphatic heterocycles. The molecule has 0 heterocycles. The predicted octanol–water partition coefficient (Wildman–Crippen LogP) is 0.420. The standard InChI is InChI=1S/C5H9NO4/c1-4(2)5(7)3-10-6(8)9/h4H,3H2,1-2H3. The van der Waals surface area contributed by atoms with Crippen LogP contribution in [0.3, 0.4) is 0 Å². The predicted molar refractivity (Wildman–Crippen MR) is 32.8 cm³/mol. The van der Waals surface area contributed by atoms with Crippen molar-refractivity contribution in [1.82, 2.24) is 0 Å². The second-order valence-corrected chi connectivity index (χ2v) is 2.12. The van der Waals surface area contributed by atoms with E-state index >= 15 is 0 Å². The minimum absolute atomic E-state index is 0.208. The van der Waals surface area contributed by atoms with Crippen LogP contribution in [0, 0.1) is 16.0 Å². The zero-order valence-electron chi connectivity index (χ0n) is 5.86. The SMILES string of the molecule is CC(C)C(=O)CO[N+](=O)[O-]. The van der Waals surface area contributed by atoms with E-state index in [0.29, 0.717) is 0 Å². The molecule has 0 radical (unpaired) electrons. The van der Waals surface area contributed by atoms with Crippen molar-refractivity contribution in [2.45, 2.75) is 13.8 Å². The maximum Gasteiger partial charge on any atom is 0.294 e. The third-order valence-electron chi connectivity index (χ3n) is 0.956. The lowest BCUT2D eigenvalue weighted by atomic mass is 10.1. The molecule has 5 heteroatoms. The first-order valence-corrected chi connectivity index (χ1v) is 2.84. The van der Waals surface area contributed by atoms with Gasteiger partial charge >= 0.3 is 0 Å². The smallest absolute Gasteiger partial charge is 0.294 e. The van der Waals surface area contributed by atoms with Crippen LogP contribution in [0.25, 0.3) is 0 Å². The second kappa shape index (κ2) is 3.81. The molecular formula is C5H9NO4. The largest absolute Gasteiger partial charge is 0.306 e. The van der Waals surface area contributed by atoms with Gasteiger partial charge in [0.1, 0.15) is 0 Å².